The Balaban J connectivity index is 1.99. The monoisotopic (exact) mass is 385 g/mol. The van der Waals surface area contributed by atoms with Crippen molar-refractivity contribution < 1.29 is 0 Å². The Morgan fingerprint density at radius 3 is 2.50 bits per heavy atom. The number of anilines is 1. The standard InChI is InChI=1S/C21H35N7/c1-8-28(9-2)19-11-10-17(12-23-19)13-24-21(22-5)26(6)14-18-15-27(7)25-20(18)16(3)4/h10-12,15-16H,8-9,13-14H2,1-7H3,(H,22,24). The molecule has 0 aliphatic carbocycles. The Hall–Kier alpha value is -2.57. The quantitative estimate of drug-likeness (QED) is 0.559. The molecule has 0 saturated carbocycles. The molecule has 0 unspecified atom stereocenters. The minimum atomic E-state index is 0.398. The summed E-state index contributed by atoms with van der Waals surface area (Å²) in [6.07, 6.45) is 4.03. The smallest absolute Gasteiger partial charge is 0.193 e. The fraction of sp³-hybridized carbons (Fsp3) is 0.571. The van der Waals surface area contributed by atoms with Gasteiger partial charge >= 0.3 is 0 Å². The zero-order valence-electron chi connectivity index (χ0n) is 18.4. The molecule has 0 aliphatic rings. The van der Waals surface area contributed by atoms with E-state index in [4.69, 9.17) is 0 Å². The zero-order chi connectivity index (χ0) is 20.7. The van der Waals surface area contributed by atoms with Crippen LogP contribution in [0.1, 0.15) is 50.4 Å². The Labute approximate surface area is 169 Å². The molecule has 154 valence electrons. The summed E-state index contributed by atoms with van der Waals surface area (Å²) >= 11 is 0. The maximum absolute atomic E-state index is 4.60. The van der Waals surface area contributed by atoms with Crippen LogP contribution < -0.4 is 10.2 Å². The molecule has 0 aliphatic heterocycles. The summed E-state index contributed by atoms with van der Waals surface area (Å²) in [4.78, 5) is 13.4. The molecular formula is C21H35N7. The van der Waals surface area contributed by atoms with Crippen LogP contribution in [0.4, 0.5) is 5.82 Å². The first-order valence-corrected chi connectivity index (χ1v) is 10.0. The van der Waals surface area contributed by atoms with Gasteiger partial charge in [-0.15, -0.1) is 0 Å². The van der Waals surface area contributed by atoms with Gasteiger partial charge in [0.25, 0.3) is 0 Å². The Morgan fingerprint density at radius 1 is 1.25 bits per heavy atom. The lowest BCUT2D eigenvalue weighted by Gasteiger charge is -2.23. The van der Waals surface area contributed by atoms with Crippen molar-refractivity contribution in [3.63, 3.8) is 0 Å². The van der Waals surface area contributed by atoms with Crippen molar-refractivity contribution in [1.29, 1.82) is 0 Å². The SMILES string of the molecule is CCN(CC)c1ccc(CNC(=NC)N(C)Cc2cn(C)nc2C(C)C)cn1. The molecule has 2 rings (SSSR count). The normalized spacial score (nSPS) is 11.8. The van der Waals surface area contributed by atoms with Crippen LogP contribution in [0.2, 0.25) is 0 Å². The van der Waals surface area contributed by atoms with E-state index in [2.05, 4.69) is 76.2 Å². The predicted molar refractivity (Wildman–Crippen MR) is 117 cm³/mol. The van der Waals surface area contributed by atoms with Crippen LogP contribution in [0, 0.1) is 0 Å². The van der Waals surface area contributed by atoms with Gasteiger partial charge in [0.1, 0.15) is 5.82 Å². The highest BCUT2D eigenvalue weighted by molar-refractivity contribution is 5.79. The molecule has 0 radical (unpaired) electrons. The van der Waals surface area contributed by atoms with Crippen LogP contribution in [0.15, 0.2) is 29.5 Å². The van der Waals surface area contributed by atoms with Gasteiger partial charge in [-0.3, -0.25) is 9.67 Å². The molecule has 2 aromatic rings. The number of rotatable bonds is 8. The molecule has 7 heteroatoms. The summed E-state index contributed by atoms with van der Waals surface area (Å²) < 4.78 is 1.89. The highest BCUT2D eigenvalue weighted by Gasteiger charge is 2.15. The third kappa shape index (κ3) is 5.47. The summed E-state index contributed by atoms with van der Waals surface area (Å²) in [5.41, 5.74) is 3.50. The van der Waals surface area contributed by atoms with Crippen molar-refractivity contribution >= 4 is 11.8 Å². The molecule has 2 aromatic heterocycles. The summed E-state index contributed by atoms with van der Waals surface area (Å²) in [6, 6.07) is 4.21. The van der Waals surface area contributed by atoms with Crippen LogP contribution in [0.25, 0.3) is 0 Å². The molecule has 0 aromatic carbocycles. The first-order valence-electron chi connectivity index (χ1n) is 10.0. The number of nitrogens with zero attached hydrogens (tertiary/aromatic N) is 6. The van der Waals surface area contributed by atoms with Gasteiger partial charge in [0, 0.05) is 65.3 Å². The van der Waals surface area contributed by atoms with Gasteiger partial charge < -0.3 is 15.1 Å². The lowest BCUT2D eigenvalue weighted by atomic mass is 10.1. The Kier molecular flexibility index (Phi) is 7.84. The first kappa shape index (κ1) is 21.7. The first-order chi connectivity index (χ1) is 13.4. The number of guanidine groups is 1. The van der Waals surface area contributed by atoms with Crippen molar-refractivity contribution in [2.24, 2.45) is 12.0 Å². The second-order valence-electron chi connectivity index (χ2n) is 7.32. The second-order valence-corrected chi connectivity index (χ2v) is 7.32. The maximum Gasteiger partial charge on any atom is 0.193 e. The molecule has 0 bridgehead atoms. The van der Waals surface area contributed by atoms with Crippen molar-refractivity contribution in [1.82, 2.24) is 25.0 Å². The van der Waals surface area contributed by atoms with Gasteiger partial charge in [0.05, 0.1) is 5.69 Å². The molecule has 0 atom stereocenters. The molecule has 1 N–H and O–H groups in total. The van der Waals surface area contributed by atoms with Crippen molar-refractivity contribution in [2.45, 2.75) is 46.7 Å². The van der Waals surface area contributed by atoms with Crippen molar-refractivity contribution in [2.75, 3.05) is 32.1 Å². The second kappa shape index (κ2) is 10.1. The number of aryl methyl sites for hydroxylation is 1. The van der Waals surface area contributed by atoms with Gasteiger partial charge in [0.2, 0.25) is 0 Å². The zero-order valence-corrected chi connectivity index (χ0v) is 18.4. The highest BCUT2D eigenvalue weighted by Crippen LogP contribution is 2.18. The third-order valence-electron chi connectivity index (χ3n) is 4.81. The van der Waals surface area contributed by atoms with Crippen LogP contribution in [-0.4, -0.2) is 52.8 Å². The van der Waals surface area contributed by atoms with E-state index in [0.717, 1.165) is 42.7 Å². The van der Waals surface area contributed by atoms with Gasteiger partial charge in [-0.2, -0.15) is 5.10 Å². The van der Waals surface area contributed by atoms with Gasteiger partial charge in [0.15, 0.2) is 5.96 Å². The lowest BCUT2D eigenvalue weighted by Crippen LogP contribution is -2.38. The topological polar surface area (TPSA) is 61.6 Å². The lowest BCUT2D eigenvalue weighted by molar-refractivity contribution is 0.473. The van der Waals surface area contributed by atoms with Crippen molar-refractivity contribution in [3.8, 4) is 0 Å². The fourth-order valence-corrected chi connectivity index (χ4v) is 3.31. The van der Waals surface area contributed by atoms with Crippen LogP contribution in [0.5, 0.6) is 0 Å². The molecular weight excluding hydrogens is 350 g/mol. The van der Waals surface area contributed by atoms with Crippen molar-refractivity contribution in [3.05, 3.63) is 41.3 Å². The van der Waals surface area contributed by atoms with Crippen LogP contribution in [0.3, 0.4) is 0 Å². The summed E-state index contributed by atoms with van der Waals surface area (Å²) in [5, 5.41) is 8.03. The number of hydrogen-bond acceptors (Lipinski definition) is 4. The number of pyridine rings is 1. The highest BCUT2D eigenvalue weighted by atomic mass is 15.3. The molecule has 7 nitrogen and oxygen atoms in total. The predicted octanol–water partition coefficient (Wildman–Crippen LogP) is 2.99. The maximum atomic E-state index is 4.60. The molecule has 0 fully saturated rings. The molecule has 0 spiro atoms. The van der Waals surface area contributed by atoms with Crippen LogP contribution in [-0.2, 0) is 20.1 Å². The average molecular weight is 386 g/mol. The summed E-state index contributed by atoms with van der Waals surface area (Å²) in [7, 11) is 5.83. The van der Waals surface area contributed by atoms with Gasteiger partial charge in [-0.25, -0.2) is 4.98 Å². The third-order valence-corrected chi connectivity index (χ3v) is 4.81. The minimum absolute atomic E-state index is 0.398. The number of aromatic nitrogens is 3. The Bertz CT molecular complexity index is 758. The molecule has 0 saturated heterocycles. The average Bonchev–Trinajstić information content (AvgIpc) is 3.04. The van der Waals surface area contributed by atoms with Gasteiger partial charge in [-0.05, 0) is 31.4 Å². The van der Waals surface area contributed by atoms with Gasteiger partial charge in [-0.1, -0.05) is 19.9 Å². The van der Waals surface area contributed by atoms with Crippen LogP contribution >= 0.6 is 0 Å². The number of aliphatic imine (C=N–C) groups is 1. The van der Waals surface area contributed by atoms with E-state index in [0.29, 0.717) is 12.5 Å². The van der Waals surface area contributed by atoms with E-state index in [1.54, 1.807) is 0 Å². The molecule has 28 heavy (non-hydrogen) atoms. The summed E-state index contributed by atoms with van der Waals surface area (Å²) in [5.74, 6) is 2.27. The number of hydrogen-bond donors (Lipinski definition) is 1. The largest absolute Gasteiger partial charge is 0.357 e. The Morgan fingerprint density at radius 2 is 1.96 bits per heavy atom. The van der Waals surface area contributed by atoms with E-state index < -0.39 is 0 Å². The fourth-order valence-electron chi connectivity index (χ4n) is 3.31. The van der Waals surface area contributed by atoms with E-state index >= 15 is 0 Å². The molecule has 2 heterocycles. The minimum Gasteiger partial charge on any atom is -0.357 e. The number of nitrogens with one attached hydrogen (secondary N) is 1. The van der Waals surface area contributed by atoms with E-state index in [-0.39, 0.29) is 0 Å². The summed E-state index contributed by atoms with van der Waals surface area (Å²) in [6.45, 7) is 12.0. The van der Waals surface area contributed by atoms with E-state index in [1.165, 1.54) is 5.56 Å². The van der Waals surface area contributed by atoms with E-state index in [9.17, 15) is 0 Å². The van der Waals surface area contributed by atoms with E-state index in [1.807, 2.05) is 32.0 Å². The molecule has 0 amide bonds.